The molecule has 1 aromatic rings. The van der Waals surface area contributed by atoms with E-state index >= 15 is 0 Å². The minimum Gasteiger partial charge on any atom is -0.326 e. The van der Waals surface area contributed by atoms with Crippen LogP contribution in [0.25, 0.3) is 0 Å². The molecule has 0 radical (unpaired) electrons. The fraction of sp³-hybridized carbons (Fsp3) is 0.500. The maximum atomic E-state index is 12.2. The summed E-state index contributed by atoms with van der Waals surface area (Å²) < 4.78 is 27.1. The highest BCUT2D eigenvalue weighted by Gasteiger charge is 2.20. The van der Waals surface area contributed by atoms with Gasteiger partial charge in [0.25, 0.3) is 0 Å². The van der Waals surface area contributed by atoms with Gasteiger partial charge in [-0.1, -0.05) is 6.92 Å². The quantitative estimate of drug-likeness (QED) is 0.892. The smallest absolute Gasteiger partial charge is 0.240 e. The number of benzene rings is 1. The van der Waals surface area contributed by atoms with E-state index in [4.69, 9.17) is 0 Å². The Balaban J connectivity index is 2.31. The van der Waals surface area contributed by atoms with E-state index in [1.807, 2.05) is 13.8 Å². The van der Waals surface area contributed by atoms with Crippen LogP contribution in [0.4, 0.5) is 5.69 Å². The van der Waals surface area contributed by atoms with Crippen molar-refractivity contribution in [1.29, 1.82) is 0 Å². The SMILES string of the molecule is CCC(C)NS(=O)(=O)c1ccc2c(c1)CCCC(=O)N2. The number of fused-ring (bicyclic) bond motifs is 1. The van der Waals surface area contributed by atoms with Gasteiger partial charge in [-0.05, 0) is 49.9 Å². The molecule has 6 heteroatoms. The molecular formula is C14H20N2O3S. The highest BCUT2D eigenvalue weighted by atomic mass is 32.2. The Hall–Kier alpha value is -1.40. The zero-order chi connectivity index (χ0) is 14.8. The molecule has 1 unspecified atom stereocenters. The number of carbonyl (C=O) groups excluding carboxylic acids is 1. The number of anilines is 1. The monoisotopic (exact) mass is 296 g/mol. The fourth-order valence-electron chi connectivity index (χ4n) is 2.13. The molecule has 0 fully saturated rings. The van der Waals surface area contributed by atoms with Gasteiger partial charge in [-0.2, -0.15) is 0 Å². The molecule has 0 aromatic heterocycles. The van der Waals surface area contributed by atoms with Crippen molar-refractivity contribution in [3.8, 4) is 0 Å². The molecule has 1 aromatic carbocycles. The number of hydrogen-bond donors (Lipinski definition) is 2. The second-order valence-corrected chi connectivity index (χ2v) is 6.87. The molecule has 1 heterocycles. The van der Waals surface area contributed by atoms with Crippen molar-refractivity contribution in [3.63, 3.8) is 0 Å². The second-order valence-electron chi connectivity index (χ2n) is 5.15. The summed E-state index contributed by atoms with van der Waals surface area (Å²) in [4.78, 5) is 11.7. The Bertz CT molecular complexity index is 611. The molecule has 0 saturated carbocycles. The number of sulfonamides is 1. The Kier molecular flexibility index (Phi) is 4.45. The topological polar surface area (TPSA) is 75.3 Å². The zero-order valence-electron chi connectivity index (χ0n) is 11.8. The van der Waals surface area contributed by atoms with Gasteiger partial charge in [0.2, 0.25) is 15.9 Å². The summed E-state index contributed by atoms with van der Waals surface area (Å²) in [6, 6.07) is 4.77. The van der Waals surface area contributed by atoms with Gasteiger partial charge in [0.15, 0.2) is 0 Å². The van der Waals surface area contributed by atoms with E-state index in [0.29, 0.717) is 12.8 Å². The van der Waals surface area contributed by atoms with Crippen LogP contribution in [0, 0.1) is 0 Å². The van der Waals surface area contributed by atoms with Crippen LogP contribution in [0.15, 0.2) is 23.1 Å². The number of rotatable bonds is 4. The van der Waals surface area contributed by atoms with E-state index in [9.17, 15) is 13.2 Å². The lowest BCUT2D eigenvalue weighted by Gasteiger charge is -2.14. The lowest BCUT2D eigenvalue weighted by Crippen LogP contribution is -2.32. The number of carbonyl (C=O) groups is 1. The van der Waals surface area contributed by atoms with Gasteiger partial charge in [0.05, 0.1) is 4.90 Å². The van der Waals surface area contributed by atoms with Crippen LogP contribution in [0.5, 0.6) is 0 Å². The number of amides is 1. The Morgan fingerprint density at radius 3 is 2.80 bits per heavy atom. The molecule has 2 N–H and O–H groups in total. The third-order valence-electron chi connectivity index (χ3n) is 3.48. The molecule has 1 aliphatic heterocycles. The zero-order valence-corrected chi connectivity index (χ0v) is 12.6. The van der Waals surface area contributed by atoms with E-state index < -0.39 is 10.0 Å². The Morgan fingerprint density at radius 1 is 1.35 bits per heavy atom. The van der Waals surface area contributed by atoms with E-state index in [2.05, 4.69) is 10.0 Å². The standard InChI is InChI=1S/C14H20N2O3S/c1-3-10(2)16-20(18,19)12-7-8-13-11(9-12)5-4-6-14(17)15-13/h7-10,16H,3-6H2,1-2H3,(H,15,17). The number of aryl methyl sites for hydroxylation is 1. The van der Waals surface area contributed by atoms with Gasteiger partial charge in [-0.3, -0.25) is 4.79 Å². The van der Waals surface area contributed by atoms with Crippen LogP contribution in [0.2, 0.25) is 0 Å². The van der Waals surface area contributed by atoms with Crippen molar-refractivity contribution < 1.29 is 13.2 Å². The fourth-order valence-corrected chi connectivity index (χ4v) is 3.51. The van der Waals surface area contributed by atoms with Crippen molar-refractivity contribution in [3.05, 3.63) is 23.8 Å². The normalized spacial score (nSPS) is 17.0. The number of nitrogens with one attached hydrogen (secondary N) is 2. The van der Waals surface area contributed by atoms with Crippen LogP contribution in [-0.4, -0.2) is 20.4 Å². The maximum Gasteiger partial charge on any atom is 0.240 e. The third kappa shape index (κ3) is 3.37. The van der Waals surface area contributed by atoms with Gasteiger partial charge in [0.1, 0.15) is 0 Å². The molecule has 5 nitrogen and oxygen atoms in total. The summed E-state index contributed by atoms with van der Waals surface area (Å²) in [6.45, 7) is 3.76. The summed E-state index contributed by atoms with van der Waals surface area (Å²) >= 11 is 0. The summed E-state index contributed by atoms with van der Waals surface area (Å²) in [7, 11) is -3.49. The molecule has 0 aliphatic carbocycles. The van der Waals surface area contributed by atoms with Crippen LogP contribution >= 0.6 is 0 Å². The average Bonchev–Trinajstić information content (AvgIpc) is 2.57. The average molecular weight is 296 g/mol. The van der Waals surface area contributed by atoms with Gasteiger partial charge >= 0.3 is 0 Å². The first-order valence-corrected chi connectivity index (χ1v) is 8.36. The van der Waals surface area contributed by atoms with Crippen molar-refractivity contribution in [2.45, 2.75) is 50.5 Å². The minimum absolute atomic E-state index is 0.0166. The van der Waals surface area contributed by atoms with E-state index in [0.717, 1.165) is 24.1 Å². The molecule has 1 atom stereocenters. The van der Waals surface area contributed by atoms with E-state index in [1.54, 1.807) is 12.1 Å². The maximum absolute atomic E-state index is 12.2. The second kappa shape index (κ2) is 5.93. The van der Waals surface area contributed by atoms with Crippen molar-refractivity contribution >= 4 is 21.6 Å². The molecule has 0 spiro atoms. The highest BCUT2D eigenvalue weighted by molar-refractivity contribution is 7.89. The first-order chi connectivity index (χ1) is 9.42. The summed E-state index contributed by atoms with van der Waals surface area (Å²) in [6.07, 6.45) is 2.66. The van der Waals surface area contributed by atoms with Crippen molar-refractivity contribution in [1.82, 2.24) is 4.72 Å². The minimum atomic E-state index is -3.49. The number of hydrogen-bond acceptors (Lipinski definition) is 3. The van der Waals surface area contributed by atoms with E-state index in [1.165, 1.54) is 6.07 Å². The molecule has 20 heavy (non-hydrogen) atoms. The predicted octanol–water partition coefficient (Wildman–Crippen LogP) is 2.04. The third-order valence-corrected chi connectivity index (χ3v) is 5.07. The van der Waals surface area contributed by atoms with Gasteiger partial charge in [-0.15, -0.1) is 0 Å². The van der Waals surface area contributed by atoms with Crippen LogP contribution in [0.1, 0.15) is 38.7 Å². The van der Waals surface area contributed by atoms with E-state index in [-0.39, 0.29) is 16.8 Å². The molecule has 110 valence electrons. The molecule has 1 amide bonds. The van der Waals surface area contributed by atoms with Crippen LogP contribution in [-0.2, 0) is 21.2 Å². The molecule has 2 rings (SSSR count). The molecular weight excluding hydrogens is 276 g/mol. The van der Waals surface area contributed by atoms with Gasteiger partial charge < -0.3 is 5.32 Å². The Labute approximate surface area is 119 Å². The van der Waals surface area contributed by atoms with Crippen molar-refractivity contribution in [2.75, 3.05) is 5.32 Å². The van der Waals surface area contributed by atoms with Crippen LogP contribution < -0.4 is 10.0 Å². The largest absolute Gasteiger partial charge is 0.326 e. The van der Waals surface area contributed by atoms with Crippen LogP contribution in [0.3, 0.4) is 0 Å². The van der Waals surface area contributed by atoms with Crippen molar-refractivity contribution in [2.24, 2.45) is 0 Å². The summed E-state index contributed by atoms with van der Waals surface area (Å²) in [5.41, 5.74) is 1.60. The molecule has 1 aliphatic rings. The first kappa shape index (κ1) is 15.0. The summed E-state index contributed by atoms with van der Waals surface area (Å²) in [5, 5.41) is 2.80. The lowest BCUT2D eigenvalue weighted by molar-refractivity contribution is -0.116. The molecule has 0 saturated heterocycles. The first-order valence-electron chi connectivity index (χ1n) is 6.87. The van der Waals surface area contributed by atoms with Gasteiger partial charge in [0, 0.05) is 18.2 Å². The molecule has 0 bridgehead atoms. The Morgan fingerprint density at radius 2 is 2.10 bits per heavy atom. The van der Waals surface area contributed by atoms with Gasteiger partial charge in [-0.25, -0.2) is 13.1 Å². The predicted molar refractivity (Wildman–Crippen MR) is 78.1 cm³/mol. The highest BCUT2D eigenvalue weighted by Crippen LogP contribution is 2.25. The summed E-state index contributed by atoms with van der Waals surface area (Å²) in [5.74, 6) is -0.0166. The lowest BCUT2D eigenvalue weighted by atomic mass is 10.1.